The molecule has 2 aliphatic carbocycles. The maximum absolute atomic E-state index is 12.8. The van der Waals surface area contributed by atoms with Gasteiger partial charge in [0, 0.05) is 14.2 Å². The maximum atomic E-state index is 12.8. The number of ketones is 1. The summed E-state index contributed by atoms with van der Waals surface area (Å²) >= 11 is 0. The summed E-state index contributed by atoms with van der Waals surface area (Å²) in [7, 11) is 3.24. The van der Waals surface area contributed by atoms with Crippen molar-refractivity contribution in [1.82, 2.24) is 0 Å². The van der Waals surface area contributed by atoms with Crippen molar-refractivity contribution in [2.45, 2.75) is 25.7 Å². The summed E-state index contributed by atoms with van der Waals surface area (Å²) in [4.78, 5) is 25.1. The van der Waals surface area contributed by atoms with Crippen molar-refractivity contribution in [3.05, 3.63) is 12.2 Å². The predicted octanol–water partition coefficient (Wildman–Crippen LogP) is 2.45. The Bertz CT molecular complexity index is 431. The minimum atomic E-state index is -1.22. The lowest BCUT2D eigenvalue weighted by atomic mass is 9.65. The first kappa shape index (κ1) is 15.6. The topological polar surface area (TPSA) is 61.8 Å². The summed E-state index contributed by atoms with van der Waals surface area (Å²) in [6, 6.07) is 0. The molecular weight excluding hydrogens is 279 g/mol. The third kappa shape index (κ3) is 2.12. The molecule has 2 aliphatic rings. The molecule has 0 aromatic heterocycles. The Kier molecular flexibility index (Phi) is 4.62. The van der Waals surface area contributed by atoms with E-state index in [9.17, 15) is 9.59 Å². The summed E-state index contributed by atoms with van der Waals surface area (Å²) in [5, 5.41) is 0. The molecular formula is C14H21O5P. The fraction of sp³-hybridized carbons (Fsp3) is 0.714. The van der Waals surface area contributed by atoms with E-state index in [1.165, 1.54) is 21.3 Å². The van der Waals surface area contributed by atoms with Crippen LogP contribution in [0.25, 0.3) is 0 Å². The highest BCUT2D eigenvalue weighted by Gasteiger charge is 2.64. The molecule has 112 valence electrons. The number of carbonyl (C=O) groups is 2. The fourth-order valence-electron chi connectivity index (χ4n) is 3.64. The van der Waals surface area contributed by atoms with E-state index in [4.69, 9.17) is 13.8 Å². The van der Waals surface area contributed by atoms with Gasteiger partial charge in [-0.3, -0.25) is 9.59 Å². The first-order chi connectivity index (χ1) is 9.56. The number of rotatable bonds is 6. The van der Waals surface area contributed by atoms with Crippen LogP contribution >= 0.6 is 8.38 Å². The zero-order chi connectivity index (χ0) is 14.8. The number of hydrogen-bond acceptors (Lipinski definition) is 5. The molecule has 0 aromatic rings. The molecule has 1 saturated carbocycles. The molecule has 2 atom stereocenters. The molecule has 0 aromatic carbocycles. The van der Waals surface area contributed by atoms with Crippen molar-refractivity contribution in [3.63, 3.8) is 0 Å². The van der Waals surface area contributed by atoms with E-state index in [2.05, 4.69) is 0 Å². The maximum Gasteiger partial charge on any atom is 0.313 e. The molecule has 2 rings (SSSR count). The monoisotopic (exact) mass is 300 g/mol. The summed E-state index contributed by atoms with van der Waals surface area (Å²) in [5.41, 5.74) is -1.43. The van der Waals surface area contributed by atoms with E-state index in [1.807, 2.05) is 12.2 Å². The first-order valence-electron chi connectivity index (χ1n) is 6.71. The van der Waals surface area contributed by atoms with E-state index in [-0.39, 0.29) is 17.9 Å². The summed E-state index contributed by atoms with van der Waals surface area (Å²) < 4.78 is 15.3. The van der Waals surface area contributed by atoms with Crippen LogP contribution in [0.4, 0.5) is 0 Å². The van der Waals surface area contributed by atoms with Gasteiger partial charge in [0.1, 0.15) is 0 Å². The van der Waals surface area contributed by atoms with E-state index in [0.717, 1.165) is 6.42 Å². The number of hydrogen-bond donors (Lipinski definition) is 0. The molecule has 5 nitrogen and oxygen atoms in total. The summed E-state index contributed by atoms with van der Waals surface area (Å²) in [6.45, 7) is 0. The van der Waals surface area contributed by atoms with Gasteiger partial charge < -0.3 is 13.8 Å². The lowest BCUT2D eigenvalue weighted by Gasteiger charge is -2.37. The molecule has 0 N–H and O–H groups in total. The van der Waals surface area contributed by atoms with Crippen LogP contribution in [0.2, 0.25) is 0 Å². The third-order valence-corrected chi connectivity index (χ3v) is 6.01. The smallest absolute Gasteiger partial charge is 0.313 e. The Labute approximate surface area is 120 Å². The van der Waals surface area contributed by atoms with Crippen molar-refractivity contribution >= 4 is 20.1 Å². The van der Waals surface area contributed by atoms with Crippen LogP contribution in [0, 0.1) is 10.8 Å². The van der Waals surface area contributed by atoms with Gasteiger partial charge in [-0.2, -0.15) is 0 Å². The normalized spacial score (nSPS) is 31.6. The Morgan fingerprint density at radius 2 is 1.90 bits per heavy atom. The summed E-state index contributed by atoms with van der Waals surface area (Å²) in [6.07, 6.45) is 6.93. The molecule has 0 heterocycles. The van der Waals surface area contributed by atoms with Gasteiger partial charge in [-0.25, -0.2) is 0 Å². The van der Waals surface area contributed by atoms with Gasteiger partial charge >= 0.3 is 5.97 Å². The standard InChI is InChI=1S/C14H21O5P/c1-17-12(16)14-8-4-6-13(14,7-5-9-14)11(15)10-20(18-2)19-3/h4,6H,5,7-10H2,1-3H3/t13-,14+/m1/s1. The van der Waals surface area contributed by atoms with Crippen LogP contribution < -0.4 is 0 Å². The Morgan fingerprint density at radius 1 is 1.20 bits per heavy atom. The molecule has 0 amide bonds. The van der Waals surface area contributed by atoms with Gasteiger partial charge in [0.25, 0.3) is 0 Å². The van der Waals surface area contributed by atoms with Crippen LogP contribution in [0.3, 0.4) is 0 Å². The number of methoxy groups -OCH3 is 1. The Balaban J connectivity index is 2.29. The van der Waals surface area contributed by atoms with Crippen molar-refractivity contribution in [2.75, 3.05) is 27.5 Å². The van der Waals surface area contributed by atoms with Gasteiger partial charge in [-0.1, -0.05) is 18.6 Å². The SMILES string of the molecule is COC(=O)[C@@]12CC=C[C@]1(C(=O)CP(OC)OC)CCC2. The number of Topliss-reactive ketones (excluding diaryl/α,β-unsaturated/α-hetero) is 1. The van der Waals surface area contributed by atoms with Crippen molar-refractivity contribution < 1.29 is 23.4 Å². The second kappa shape index (κ2) is 5.92. The fourth-order valence-corrected chi connectivity index (χ4v) is 4.57. The van der Waals surface area contributed by atoms with E-state index in [1.54, 1.807) is 0 Å². The zero-order valence-corrected chi connectivity index (χ0v) is 13.1. The summed E-state index contributed by atoms with van der Waals surface area (Å²) in [5.74, 6) is -0.239. The quantitative estimate of drug-likeness (QED) is 0.428. The van der Waals surface area contributed by atoms with Crippen molar-refractivity contribution in [1.29, 1.82) is 0 Å². The van der Waals surface area contributed by atoms with Gasteiger partial charge in [-0.15, -0.1) is 0 Å². The largest absolute Gasteiger partial charge is 0.469 e. The Hall–Kier alpha value is -0.770. The molecule has 20 heavy (non-hydrogen) atoms. The highest BCUT2D eigenvalue weighted by atomic mass is 31.2. The molecule has 6 heteroatoms. The minimum absolute atomic E-state index is 0.0314. The third-order valence-electron chi connectivity index (χ3n) is 4.65. The molecule has 0 aliphatic heterocycles. The van der Waals surface area contributed by atoms with Crippen molar-refractivity contribution in [2.24, 2.45) is 10.8 Å². The van der Waals surface area contributed by atoms with Crippen molar-refractivity contribution in [3.8, 4) is 0 Å². The number of allylic oxidation sites excluding steroid dienone is 2. The minimum Gasteiger partial charge on any atom is -0.469 e. The van der Waals surface area contributed by atoms with Gasteiger partial charge in [0.05, 0.1) is 24.1 Å². The molecule has 0 radical (unpaired) electrons. The highest BCUT2D eigenvalue weighted by Crippen LogP contribution is 2.61. The molecule has 1 fully saturated rings. The average molecular weight is 300 g/mol. The number of ether oxygens (including phenoxy) is 1. The van der Waals surface area contributed by atoms with Gasteiger partial charge in [0.2, 0.25) is 0 Å². The van der Waals surface area contributed by atoms with Crippen LogP contribution in [-0.2, 0) is 23.4 Å². The second-order valence-electron chi connectivity index (χ2n) is 5.28. The van der Waals surface area contributed by atoms with Gasteiger partial charge in [0.15, 0.2) is 14.2 Å². The molecule has 0 bridgehead atoms. The van der Waals surface area contributed by atoms with Crippen LogP contribution in [0.1, 0.15) is 25.7 Å². The molecule has 0 unspecified atom stereocenters. The highest BCUT2D eigenvalue weighted by molar-refractivity contribution is 7.48. The first-order valence-corrected chi connectivity index (χ1v) is 8.08. The zero-order valence-electron chi connectivity index (χ0n) is 12.2. The Morgan fingerprint density at radius 3 is 2.50 bits per heavy atom. The lowest BCUT2D eigenvalue weighted by molar-refractivity contribution is -0.160. The number of fused-ring (bicyclic) bond motifs is 1. The average Bonchev–Trinajstić information content (AvgIpc) is 3.00. The van der Waals surface area contributed by atoms with Crippen LogP contribution in [0.15, 0.2) is 12.2 Å². The number of carbonyl (C=O) groups excluding carboxylic acids is 2. The lowest BCUT2D eigenvalue weighted by Crippen LogP contribution is -2.46. The second-order valence-corrected chi connectivity index (χ2v) is 7.00. The molecule has 0 spiro atoms. The van der Waals surface area contributed by atoms with Crippen LogP contribution in [-0.4, -0.2) is 39.2 Å². The van der Waals surface area contributed by atoms with Gasteiger partial charge in [-0.05, 0) is 19.3 Å². The number of esters is 1. The van der Waals surface area contributed by atoms with E-state index >= 15 is 0 Å². The predicted molar refractivity (Wildman–Crippen MR) is 75.3 cm³/mol. The molecule has 0 saturated heterocycles. The van der Waals surface area contributed by atoms with E-state index < -0.39 is 19.2 Å². The van der Waals surface area contributed by atoms with Crippen LogP contribution in [0.5, 0.6) is 0 Å². The van der Waals surface area contributed by atoms with E-state index in [0.29, 0.717) is 19.3 Å².